The van der Waals surface area contributed by atoms with Crippen molar-refractivity contribution in [1.82, 2.24) is 0 Å². The molecule has 0 saturated carbocycles. The highest BCUT2D eigenvalue weighted by Crippen LogP contribution is 2.36. The number of anilines is 1. The molecule has 0 spiro atoms. The Balaban J connectivity index is 2.45. The second-order valence-corrected chi connectivity index (χ2v) is 5.68. The smallest absolute Gasteiger partial charge is 0.350 e. The van der Waals surface area contributed by atoms with Gasteiger partial charge in [-0.25, -0.2) is 4.79 Å². The zero-order chi connectivity index (χ0) is 15.4. The molecule has 0 aliphatic carbocycles. The highest BCUT2D eigenvalue weighted by molar-refractivity contribution is 7.21. The summed E-state index contributed by atoms with van der Waals surface area (Å²) in [7, 11) is 1.33. The number of nitrogens with two attached hydrogens (primary N) is 1. The number of hydrogen-bond acceptors (Lipinski definition) is 5. The van der Waals surface area contributed by atoms with Crippen molar-refractivity contribution in [1.29, 1.82) is 0 Å². The fraction of sp³-hybridized carbons (Fsp3) is 0.333. The molecule has 5 nitrogen and oxygen atoms in total. The molecule has 1 amide bonds. The molecular weight excluding hydrogens is 288 g/mol. The molecule has 1 atom stereocenters. The van der Waals surface area contributed by atoms with Crippen molar-refractivity contribution < 1.29 is 14.3 Å². The summed E-state index contributed by atoms with van der Waals surface area (Å²) in [6.07, 6.45) is 0.651. The lowest BCUT2D eigenvalue weighted by Gasteiger charge is -2.13. The van der Waals surface area contributed by atoms with E-state index in [0.29, 0.717) is 17.0 Å². The van der Waals surface area contributed by atoms with Crippen LogP contribution in [0.1, 0.15) is 23.0 Å². The molecule has 21 heavy (non-hydrogen) atoms. The number of carbonyl (C=O) groups is 2. The van der Waals surface area contributed by atoms with Crippen molar-refractivity contribution in [3.05, 3.63) is 29.1 Å². The van der Waals surface area contributed by atoms with Gasteiger partial charge in [0, 0.05) is 16.6 Å². The van der Waals surface area contributed by atoms with Crippen molar-refractivity contribution in [2.24, 2.45) is 11.7 Å². The Kier molecular flexibility index (Phi) is 4.93. The van der Waals surface area contributed by atoms with E-state index < -0.39 is 5.97 Å². The SMILES string of the molecule is CCC(CN)C(=O)Nc1c(C(=O)OC)sc2ccccc12. The first-order valence-corrected chi connectivity index (χ1v) is 7.54. The number of rotatable bonds is 5. The van der Waals surface area contributed by atoms with Crippen LogP contribution >= 0.6 is 11.3 Å². The maximum atomic E-state index is 12.2. The van der Waals surface area contributed by atoms with Gasteiger partial charge in [-0.3, -0.25) is 4.79 Å². The summed E-state index contributed by atoms with van der Waals surface area (Å²) in [6, 6.07) is 7.53. The average Bonchev–Trinajstić information content (AvgIpc) is 2.86. The predicted molar refractivity (Wildman–Crippen MR) is 84.6 cm³/mol. The van der Waals surface area contributed by atoms with Crippen LogP contribution in [0.25, 0.3) is 10.1 Å². The summed E-state index contributed by atoms with van der Waals surface area (Å²) in [4.78, 5) is 24.5. The number of carbonyl (C=O) groups excluding carboxylic acids is 2. The molecule has 112 valence electrons. The third-order valence-corrected chi connectivity index (χ3v) is 4.51. The number of fused-ring (bicyclic) bond motifs is 1. The first-order chi connectivity index (χ1) is 10.1. The molecule has 1 unspecified atom stereocenters. The summed E-state index contributed by atoms with van der Waals surface area (Å²) in [5.41, 5.74) is 6.11. The van der Waals surface area contributed by atoms with E-state index in [1.807, 2.05) is 31.2 Å². The van der Waals surface area contributed by atoms with E-state index >= 15 is 0 Å². The number of benzene rings is 1. The number of ether oxygens (including phenoxy) is 1. The van der Waals surface area contributed by atoms with E-state index in [0.717, 1.165) is 10.1 Å². The third kappa shape index (κ3) is 3.06. The highest BCUT2D eigenvalue weighted by atomic mass is 32.1. The molecule has 0 aliphatic rings. The van der Waals surface area contributed by atoms with Crippen molar-refractivity contribution in [2.75, 3.05) is 19.0 Å². The van der Waals surface area contributed by atoms with Gasteiger partial charge in [0.2, 0.25) is 5.91 Å². The molecule has 0 bridgehead atoms. The quantitative estimate of drug-likeness (QED) is 0.832. The molecule has 1 heterocycles. The number of esters is 1. The second kappa shape index (κ2) is 6.69. The Bertz CT molecular complexity index is 662. The molecular formula is C15H18N2O3S. The molecule has 0 radical (unpaired) electrons. The van der Waals surface area contributed by atoms with Gasteiger partial charge in [-0.2, -0.15) is 0 Å². The van der Waals surface area contributed by atoms with Crippen LogP contribution in [0.2, 0.25) is 0 Å². The van der Waals surface area contributed by atoms with Crippen molar-refractivity contribution >= 4 is 39.0 Å². The molecule has 2 aromatic rings. The summed E-state index contributed by atoms with van der Waals surface area (Å²) in [5, 5.41) is 3.68. The topological polar surface area (TPSA) is 81.4 Å². The summed E-state index contributed by atoms with van der Waals surface area (Å²) in [6.45, 7) is 2.18. The molecule has 6 heteroatoms. The van der Waals surface area contributed by atoms with E-state index in [9.17, 15) is 9.59 Å². The lowest BCUT2D eigenvalue weighted by Crippen LogP contribution is -2.29. The van der Waals surface area contributed by atoms with Gasteiger partial charge >= 0.3 is 5.97 Å². The lowest BCUT2D eigenvalue weighted by atomic mass is 10.1. The van der Waals surface area contributed by atoms with Crippen LogP contribution in [0, 0.1) is 5.92 Å². The Morgan fingerprint density at radius 3 is 2.71 bits per heavy atom. The van der Waals surface area contributed by atoms with Crippen LogP contribution in [-0.4, -0.2) is 25.5 Å². The second-order valence-electron chi connectivity index (χ2n) is 4.62. The van der Waals surface area contributed by atoms with Crippen molar-refractivity contribution in [2.45, 2.75) is 13.3 Å². The number of nitrogens with one attached hydrogen (secondary N) is 1. The summed E-state index contributed by atoms with van der Waals surface area (Å²) >= 11 is 1.30. The lowest BCUT2D eigenvalue weighted by molar-refractivity contribution is -0.119. The minimum Gasteiger partial charge on any atom is -0.465 e. The normalized spacial score (nSPS) is 12.1. The van der Waals surface area contributed by atoms with Gasteiger partial charge in [0.15, 0.2) is 0 Å². The summed E-state index contributed by atoms with van der Waals surface area (Å²) in [5.74, 6) is -0.893. The van der Waals surface area contributed by atoms with Crippen LogP contribution in [0.5, 0.6) is 0 Å². The minimum absolute atomic E-state index is 0.172. The van der Waals surface area contributed by atoms with E-state index in [2.05, 4.69) is 5.32 Å². The molecule has 1 aromatic heterocycles. The molecule has 0 saturated heterocycles. The van der Waals surface area contributed by atoms with Gasteiger partial charge in [-0.15, -0.1) is 11.3 Å². The van der Waals surface area contributed by atoms with Crippen LogP contribution in [0.15, 0.2) is 24.3 Å². The number of amides is 1. The number of thiophene rings is 1. The fourth-order valence-corrected chi connectivity index (χ4v) is 3.17. The van der Waals surface area contributed by atoms with Crippen LogP contribution in [-0.2, 0) is 9.53 Å². The van der Waals surface area contributed by atoms with E-state index in [4.69, 9.17) is 10.5 Å². The van der Waals surface area contributed by atoms with Crippen LogP contribution in [0.3, 0.4) is 0 Å². The molecule has 0 fully saturated rings. The van der Waals surface area contributed by atoms with E-state index in [1.54, 1.807) is 0 Å². The third-order valence-electron chi connectivity index (χ3n) is 3.36. The van der Waals surface area contributed by atoms with E-state index in [-0.39, 0.29) is 18.4 Å². The Hall–Kier alpha value is -1.92. The van der Waals surface area contributed by atoms with Gasteiger partial charge in [0.05, 0.1) is 18.7 Å². The summed E-state index contributed by atoms with van der Waals surface area (Å²) < 4.78 is 5.72. The fourth-order valence-electron chi connectivity index (χ4n) is 2.09. The van der Waals surface area contributed by atoms with Gasteiger partial charge in [-0.05, 0) is 12.5 Å². The minimum atomic E-state index is -0.452. The molecule has 2 rings (SSSR count). The maximum absolute atomic E-state index is 12.2. The maximum Gasteiger partial charge on any atom is 0.350 e. The van der Waals surface area contributed by atoms with E-state index in [1.165, 1.54) is 18.4 Å². The largest absolute Gasteiger partial charge is 0.465 e. The zero-order valence-electron chi connectivity index (χ0n) is 12.0. The predicted octanol–water partition coefficient (Wildman–Crippen LogP) is 2.61. The van der Waals surface area contributed by atoms with Gasteiger partial charge in [0.25, 0.3) is 0 Å². The Labute approximate surface area is 127 Å². The van der Waals surface area contributed by atoms with Gasteiger partial charge in [-0.1, -0.05) is 25.1 Å². The molecule has 1 aromatic carbocycles. The Morgan fingerprint density at radius 2 is 2.10 bits per heavy atom. The average molecular weight is 306 g/mol. The molecule has 0 aliphatic heterocycles. The van der Waals surface area contributed by atoms with Crippen molar-refractivity contribution in [3.8, 4) is 0 Å². The highest BCUT2D eigenvalue weighted by Gasteiger charge is 2.23. The molecule has 3 N–H and O–H groups in total. The first kappa shape index (κ1) is 15.5. The monoisotopic (exact) mass is 306 g/mol. The van der Waals surface area contributed by atoms with Gasteiger partial charge < -0.3 is 15.8 Å². The zero-order valence-corrected chi connectivity index (χ0v) is 12.8. The van der Waals surface area contributed by atoms with Crippen LogP contribution < -0.4 is 11.1 Å². The standard InChI is InChI=1S/C15H18N2O3S/c1-3-9(8-16)14(18)17-12-10-6-4-5-7-11(10)21-13(12)15(19)20-2/h4-7,9H,3,8,16H2,1-2H3,(H,17,18). The van der Waals surface area contributed by atoms with Gasteiger partial charge in [0.1, 0.15) is 4.88 Å². The Morgan fingerprint density at radius 1 is 1.38 bits per heavy atom. The number of hydrogen-bond donors (Lipinski definition) is 2. The number of methoxy groups -OCH3 is 1. The van der Waals surface area contributed by atoms with Crippen molar-refractivity contribution in [3.63, 3.8) is 0 Å². The van der Waals surface area contributed by atoms with Crippen LogP contribution in [0.4, 0.5) is 5.69 Å². The first-order valence-electron chi connectivity index (χ1n) is 6.73.